The summed E-state index contributed by atoms with van der Waals surface area (Å²) in [5.41, 5.74) is 1.96. The second-order valence-electron chi connectivity index (χ2n) is 4.68. The van der Waals surface area contributed by atoms with Crippen LogP contribution in [0.15, 0.2) is 30.6 Å². The number of amides is 1. The lowest BCUT2D eigenvalue weighted by Gasteiger charge is -2.27. The van der Waals surface area contributed by atoms with Crippen LogP contribution in [0, 0.1) is 0 Å². The van der Waals surface area contributed by atoms with Crippen molar-refractivity contribution in [2.75, 3.05) is 17.2 Å². The normalized spacial score (nSPS) is 16.8. The van der Waals surface area contributed by atoms with E-state index >= 15 is 0 Å². The summed E-state index contributed by atoms with van der Waals surface area (Å²) in [6.07, 6.45) is 1.61. The maximum absolute atomic E-state index is 12.1. The Labute approximate surface area is 116 Å². The first-order valence-corrected chi connectivity index (χ1v) is 6.44. The molecular formula is C13H16N6O. The van der Waals surface area contributed by atoms with E-state index in [9.17, 15) is 4.79 Å². The third-order valence-corrected chi connectivity index (χ3v) is 3.14. The van der Waals surface area contributed by atoms with Crippen molar-refractivity contribution in [2.45, 2.75) is 12.6 Å². The highest BCUT2D eigenvalue weighted by Gasteiger charge is 2.23. The van der Waals surface area contributed by atoms with Gasteiger partial charge in [0.1, 0.15) is 12.4 Å². The SMILES string of the molecule is Cn1cnc(CNC(=O)C2CNc3ccccc3N2)n1. The van der Waals surface area contributed by atoms with E-state index in [1.807, 2.05) is 24.3 Å². The monoisotopic (exact) mass is 272 g/mol. The van der Waals surface area contributed by atoms with Gasteiger partial charge in [0.15, 0.2) is 5.82 Å². The maximum Gasteiger partial charge on any atom is 0.244 e. The number of para-hydroxylation sites is 2. The zero-order chi connectivity index (χ0) is 13.9. The Morgan fingerprint density at radius 3 is 3.00 bits per heavy atom. The number of hydrogen-bond acceptors (Lipinski definition) is 5. The minimum atomic E-state index is -0.298. The number of hydrogen-bond donors (Lipinski definition) is 3. The third-order valence-electron chi connectivity index (χ3n) is 3.14. The predicted molar refractivity (Wildman–Crippen MR) is 75.2 cm³/mol. The molecular weight excluding hydrogens is 256 g/mol. The number of fused-ring (bicyclic) bond motifs is 1. The molecule has 0 fully saturated rings. The topological polar surface area (TPSA) is 83.9 Å². The van der Waals surface area contributed by atoms with Gasteiger partial charge in [-0.3, -0.25) is 9.48 Å². The summed E-state index contributed by atoms with van der Waals surface area (Å²) in [7, 11) is 1.79. The molecule has 1 aliphatic heterocycles. The molecule has 1 aromatic heterocycles. The summed E-state index contributed by atoms with van der Waals surface area (Å²) in [6, 6.07) is 7.52. The minimum Gasteiger partial charge on any atom is -0.381 e. The fourth-order valence-corrected chi connectivity index (χ4v) is 2.13. The number of benzene rings is 1. The molecule has 2 heterocycles. The minimum absolute atomic E-state index is 0.0699. The van der Waals surface area contributed by atoms with Gasteiger partial charge < -0.3 is 16.0 Å². The molecule has 0 spiro atoms. The lowest BCUT2D eigenvalue weighted by Crippen LogP contribution is -2.45. The van der Waals surface area contributed by atoms with Crippen molar-refractivity contribution >= 4 is 17.3 Å². The van der Waals surface area contributed by atoms with Crippen molar-refractivity contribution < 1.29 is 4.79 Å². The van der Waals surface area contributed by atoms with Gasteiger partial charge in [0.2, 0.25) is 5.91 Å². The number of aryl methyl sites for hydroxylation is 1. The van der Waals surface area contributed by atoms with Gasteiger partial charge in [-0.1, -0.05) is 12.1 Å². The average molecular weight is 272 g/mol. The molecule has 1 amide bonds. The van der Waals surface area contributed by atoms with Crippen LogP contribution in [0.1, 0.15) is 5.82 Å². The summed E-state index contributed by atoms with van der Waals surface area (Å²) in [4.78, 5) is 16.2. The second-order valence-corrected chi connectivity index (χ2v) is 4.68. The highest BCUT2D eigenvalue weighted by molar-refractivity contribution is 5.88. The molecule has 0 radical (unpaired) electrons. The van der Waals surface area contributed by atoms with E-state index < -0.39 is 0 Å². The molecule has 7 nitrogen and oxygen atoms in total. The summed E-state index contributed by atoms with van der Waals surface area (Å²) in [5, 5.41) is 13.4. The highest BCUT2D eigenvalue weighted by atomic mass is 16.2. The van der Waals surface area contributed by atoms with E-state index in [4.69, 9.17) is 0 Å². The average Bonchev–Trinajstić information content (AvgIpc) is 2.90. The highest BCUT2D eigenvalue weighted by Crippen LogP contribution is 2.25. The van der Waals surface area contributed by atoms with E-state index in [1.165, 1.54) is 0 Å². The van der Waals surface area contributed by atoms with Crippen LogP contribution in [0.5, 0.6) is 0 Å². The van der Waals surface area contributed by atoms with Gasteiger partial charge in [-0.15, -0.1) is 0 Å². The van der Waals surface area contributed by atoms with Crippen molar-refractivity contribution in [1.82, 2.24) is 20.1 Å². The predicted octanol–water partition coefficient (Wildman–Crippen LogP) is 0.337. The van der Waals surface area contributed by atoms with Crippen LogP contribution < -0.4 is 16.0 Å². The Bertz CT molecular complexity index is 623. The number of nitrogens with one attached hydrogen (secondary N) is 3. The first-order valence-electron chi connectivity index (χ1n) is 6.44. The summed E-state index contributed by atoms with van der Waals surface area (Å²) < 4.78 is 1.61. The van der Waals surface area contributed by atoms with Crippen LogP contribution in [0.3, 0.4) is 0 Å². The van der Waals surface area contributed by atoms with Gasteiger partial charge in [0.05, 0.1) is 17.9 Å². The van der Waals surface area contributed by atoms with Crippen LogP contribution in [0.2, 0.25) is 0 Å². The van der Waals surface area contributed by atoms with Crippen molar-refractivity contribution in [1.29, 1.82) is 0 Å². The zero-order valence-electron chi connectivity index (χ0n) is 11.1. The Kier molecular flexibility index (Phi) is 3.24. The molecule has 0 bridgehead atoms. The molecule has 0 saturated carbocycles. The molecule has 104 valence electrons. The van der Waals surface area contributed by atoms with E-state index in [1.54, 1.807) is 18.1 Å². The Hall–Kier alpha value is -2.57. The van der Waals surface area contributed by atoms with Crippen LogP contribution >= 0.6 is 0 Å². The van der Waals surface area contributed by atoms with Gasteiger partial charge in [0, 0.05) is 13.6 Å². The molecule has 0 saturated heterocycles. The van der Waals surface area contributed by atoms with Gasteiger partial charge in [-0.05, 0) is 12.1 Å². The quantitative estimate of drug-likeness (QED) is 0.750. The molecule has 1 unspecified atom stereocenters. The molecule has 20 heavy (non-hydrogen) atoms. The maximum atomic E-state index is 12.1. The van der Waals surface area contributed by atoms with Crippen LogP contribution in [-0.4, -0.2) is 33.3 Å². The van der Waals surface area contributed by atoms with E-state index in [-0.39, 0.29) is 11.9 Å². The molecule has 1 atom stereocenters. The van der Waals surface area contributed by atoms with Gasteiger partial charge >= 0.3 is 0 Å². The van der Waals surface area contributed by atoms with Crippen molar-refractivity contribution in [3.8, 4) is 0 Å². The number of nitrogens with zero attached hydrogens (tertiary/aromatic N) is 3. The molecule has 0 aliphatic carbocycles. The lowest BCUT2D eigenvalue weighted by atomic mass is 10.1. The molecule has 2 aromatic rings. The Morgan fingerprint density at radius 1 is 1.45 bits per heavy atom. The van der Waals surface area contributed by atoms with Crippen LogP contribution in [0.25, 0.3) is 0 Å². The molecule has 3 N–H and O–H groups in total. The molecule has 1 aromatic carbocycles. The van der Waals surface area contributed by atoms with E-state index in [0.717, 1.165) is 11.4 Å². The van der Waals surface area contributed by atoms with Gasteiger partial charge in [-0.2, -0.15) is 5.10 Å². The Morgan fingerprint density at radius 2 is 2.25 bits per heavy atom. The van der Waals surface area contributed by atoms with Gasteiger partial charge in [-0.25, -0.2) is 4.98 Å². The van der Waals surface area contributed by atoms with Crippen LogP contribution in [-0.2, 0) is 18.4 Å². The molecule has 1 aliphatic rings. The number of carbonyl (C=O) groups is 1. The van der Waals surface area contributed by atoms with Crippen molar-refractivity contribution in [3.63, 3.8) is 0 Å². The second kappa shape index (κ2) is 5.20. The first kappa shape index (κ1) is 12.5. The van der Waals surface area contributed by atoms with E-state index in [0.29, 0.717) is 18.9 Å². The van der Waals surface area contributed by atoms with Crippen LogP contribution in [0.4, 0.5) is 11.4 Å². The number of aromatic nitrogens is 3. The summed E-state index contributed by atoms with van der Waals surface area (Å²) in [5.74, 6) is 0.532. The van der Waals surface area contributed by atoms with Crippen molar-refractivity contribution in [2.24, 2.45) is 7.05 Å². The number of rotatable bonds is 3. The molecule has 7 heteroatoms. The largest absolute Gasteiger partial charge is 0.381 e. The fourth-order valence-electron chi connectivity index (χ4n) is 2.13. The molecule has 3 rings (SSSR count). The van der Waals surface area contributed by atoms with Crippen molar-refractivity contribution in [3.05, 3.63) is 36.4 Å². The number of carbonyl (C=O) groups excluding carboxylic acids is 1. The smallest absolute Gasteiger partial charge is 0.244 e. The number of anilines is 2. The van der Waals surface area contributed by atoms with E-state index in [2.05, 4.69) is 26.0 Å². The fraction of sp³-hybridized carbons (Fsp3) is 0.308. The standard InChI is InChI=1S/C13H16N6O/c1-19-8-16-12(18-19)7-15-13(20)11-6-14-9-4-2-3-5-10(9)17-11/h2-5,8,11,14,17H,6-7H2,1H3,(H,15,20). The Balaban J connectivity index is 1.59. The third kappa shape index (κ3) is 2.56. The summed E-state index contributed by atoms with van der Waals surface area (Å²) >= 11 is 0. The van der Waals surface area contributed by atoms with Gasteiger partial charge in [0.25, 0.3) is 0 Å². The summed E-state index contributed by atoms with van der Waals surface area (Å²) in [6.45, 7) is 0.887. The zero-order valence-corrected chi connectivity index (χ0v) is 11.1. The lowest BCUT2D eigenvalue weighted by molar-refractivity contribution is -0.121. The first-order chi connectivity index (χ1) is 9.72.